The molecule has 10 heteroatoms. The average Bonchev–Trinajstić information content (AvgIpc) is 3.09. The van der Waals surface area contributed by atoms with Crippen LogP contribution in [0.1, 0.15) is 10.5 Å². The van der Waals surface area contributed by atoms with E-state index in [4.69, 9.17) is 15.2 Å². The first-order valence-corrected chi connectivity index (χ1v) is 9.00. The van der Waals surface area contributed by atoms with E-state index in [9.17, 15) is 14.0 Å². The first-order chi connectivity index (χ1) is 14.5. The standard InChI is InChI=1S/C20H14FN5O4/c21-11-2-4-12(5-3-11)26-19-16(24-20(26)28)15(17(22)27)23-18(25-19)10-1-6-13-14(9-10)30-8-7-29-13/h1-6,9H,7-8H2,(H2,22,27)(H,24,28). The number of fused-ring (bicyclic) bond motifs is 2. The molecular weight excluding hydrogens is 393 g/mol. The van der Waals surface area contributed by atoms with Gasteiger partial charge in [-0.25, -0.2) is 23.7 Å². The van der Waals surface area contributed by atoms with E-state index in [1.807, 2.05) is 0 Å². The number of carbonyl (C=O) groups is 1. The Balaban J connectivity index is 1.76. The Bertz CT molecular complexity index is 1360. The van der Waals surface area contributed by atoms with Crippen molar-refractivity contribution in [2.75, 3.05) is 13.2 Å². The Morgan fingerprint density at radius 1 is 1.07 bits per heavy atom. The lowest BCUT2D eigenvalue weighted by atomic mass is 10.1. The molecule has 3 heterocycles. The van der Waals surface area contributed by atoms with Gasteiger partial charge in [0.05, 0.1) is 5.69 Å². The van der Waals surface area contributed by atoms with E-state index in [0.717, 1.165) is 0 Å². The molecule has 2 aromatic heterocycles. The lowest BCUT2D eigenvalue weighted by Crippen LogP contribution is -2.16. The highest BCUT2D eigenvalue weighted by Crippen LogP contribution is 2.34. The van der Waals surface area contributed by atoms with E-state index in [1.54, 1.807) is 18.2 Å². The van der Waals surface area contributed by atoms with Gasteiger partial charge in [0.2, 0.25) is 0 Å². The molecule has 0 saturated carbocycles. The molecule has 4 aromatic rings. The van der Waals surface area contributed by atoms with Gasteiger partial charge in [0.25, 0.3) is 5.91 Å². The molecule has 0 unspecified atom stereocenters. The molecule has 0 atom stereocenters. The van der Waals surface area contributed by atoms with E-state index in [2.05, 4.69) is 15.0 Å². The molecule has 0 bridgehead atoms. The Morgan fingerprint density at radius 2 is 1.80 bits per heavy atom. The summed E-state index contributed by atoms with van der Waals surface area (Å²) in [5.74, 6) is 0.00651. The minimum atomic E-state index is -0.825. The zero-order valence-electron chi connectivity index (χ0n) is 15.4. The minimum Gasteiger partial charge on any atom is -0.486 e. The second-order valence-electron chi connectivity index (χ2n) is 6.56. The smallest absolute Gasteiger partial charge is 0.332 e. The van der Waals surface area contributed by atoms with Crippen LogP contribution in [0.15, 0.2) is 47.3 Å². The quantitative estimate of drug-likeness (QED) is 0.533. The Labute approximate surface area is 167 Å². The van der Waals surface area contributed by atoms with Crippen LogP contribution in [0.4, 0.5) is 4.39 Å². The lowest BCUT2D eigenvalue weighted by molar-refractivity contribution is 0.0997. The number of benzene rings is 2. The van der Waals surface area contributed by atoms with Crippen LogP contribution in [-0.4, -0.2) is 38.6 Å². The number of nitrogens with one attached hydrogen (secondary N) is 1. The fourth-order valence-corrected chi connectivity index (χ4v) is 3.30. The van der Waals surface area contributed by atoms with Gasteiger partial charge in [-0.15, -0.1) is 0 Å². The normalized spacial score (nSPS) is 12.8. The third-order valence-electron chi connectivity index (χ3n) is 4.66. The highest BCUT2D eigenvalue weighted by molar-refractivity contribution is 6.02. The average molecular weight is 407 g/mol. The summed E-state index contributed by atoms with van der Waals surface area (Å²) in [5.41, 5.74) is 5.95. The molecule has 1 aliphatic heterocycles. The summed E-state index contributed by atoms with van der Waals surface area (Å²) in [6, 6.07) is 10.4. The Morgan fingerprint density at radius 3 is 2.53 bits per heavy atom. The second-order valence-corrected chi connectivity index (χ2v) is 6.56. The summed E-state index contributed by atoms with van der Waals surface area (Å²) >= 11 is 0. The van der Waals surface area contributed by atoms with Crippen molar-refractivity contribution in [1.82, 2.24) is 19.5 Å². The molecule has 0 aliphatic carbocycles. The Kier molecular flexibility index (Phi) is 3.98. The highest BCUT2D eigenvalue weighted by Gasteiger charge is 2.21. The number of carbonyl (C=O) groups excluding carboxylic acids is 1. The largest absolute Gasteiger partial charge is 0.486 e. The molecule has 0 fully saturated rings. The number of rotatable bonds is 3. The van der Waals surface area contributed by atoms with Crippen LogP contribution >= 0.6 is 0 Å². The highest BCUT2D eigenvalue weighted by atomic mass is 19.1. The molecule has 1 aliphatic rings. The molecule has 9 nitrogen and oxygen atoms in total. The van der Waals surface area contributed by atoms with Gasteiger partial charge < -0.3 is 20.2 Å². The fourth-order valence-electron chi connectivity index (χ4n) is 3.30. The van der Waals surface area contributed by atoms with Crippen molar-refractivity contribution >= 4 is 17.1 Å². The van der Waals surface area contributed by atoms with Gasteiger partial charge in [-0.2, -0.15) is 0 Å². The van der Waals surface area contributed by atoms with Crippen molar-refractivity contribution in [1.29, 1.82) is 0 Å². The van der Waals surface area contributed by atoms with Crippen molar-refractivity contribution in [2.45, 2.75) is 0 Å². The number of aromatic amines is 1. The van der Waals surface area contributed by atoms with Crippen LogP contribution in [0.2, 0.25) is 0 Å². The maximum absolute atomic E-state index is 13.3. The predicted molar refractivity (Wildman–Crippen MR) is 104 cm³/mol. The van der Waals surface area contributed by atoms with Crippen molar-refractivity contribution in [3.63, 3.8) is 0 Å². The zero-order chi connectivity index (χ0) is 20.8. The van der Waals surface area contributed by atoms with Crippen molar-refractivity contribution in [3.05, 3.63) is 64.5 Å². The first-order valence-electron chi connectivity index (χ1n) is 9.00. The van der Waals surface area contributed by atoms with Crippen LogP contribution in [0.25, 0.3) is 28.2 Å². The third-order valence-corrected chi connectivity index (χ3v) is 4.66. The van der Waals surface area contributed by atoms with Crippen LogP contribution in [-0.2, 0) is 0 Å². The summed E-state index contributed by atoms with van der Waals surface area (Å²) in [6.45, 7) is 0.860. The number of hydrogen-bond acceptors (Lipinski definition) is 6. The van der Waals surface area contributed by atoms with E-state index in [-0.39, 0.29) is 22.7 Å². The van der Waals surface area contributed by atoms with Crippen LogP contribution in [0.5, 0.6) is 11.5 Å². The third kappa shape index (κ3) is 2.85. The molecule has 150 valence electrons. The molecule has 0 saturated heterocycles. The number of ether oxygens (including phenoxy) is 2. The van der Waals surface area contributed by atoms with Gasteiger partial charge in [-0.05, 0) is 42.5 Å². The summed E-state index contributed by atoms with van der Waals surface area (Å²) in [7, 11) is 0. The van der Waals surface area contributed by atoms with E-state index < -0.39 is 17.4 Å². The molecule has 2 aromatic carbocycles. The first kappa shape index (κ1) is 17.9. The van der Waals surface area contributed by atoms with Gasteiger partial charge in [0.1, 0.15) is 24.5 Å². The SMILES string of the molecule is NC(=O)c1nc(-c2ccc3c(c2)OCCO3)nc2c1[nH]c(=O)n2-c1ccc(F)cc1. The second kappa shape index (κ2) is 6.69. The monoisotopic (exact) mass is 407 g/mol. The number of halogens is 1. The number of H-pyrrole nitrogens is 1. The number of aromatic nitrogens is 4. The molecule has 5 rings (SSSR count). The molecule has 3 N–H and O–H groups in total. The number of nitrogens with zero attached hydrogens (tertiary/aromatic N) is 3. The van der Waals surface area contributed by atoms with Gasteiger partial charge >= 0.3 is 5.69 Å². The molecule has 30 heavy (non-hydrogen) atoms. The van der Waals surface area contributed by atoms with E-state index in [0.29, 0.717) is 36.0 Å². The number of nitrogens with two attached hydrogens (primary N) is 1. The summed E-state index contributed by atoms with van der Waals surface area (Å²) < 4.78 is 25.7. The van der Waals surface area contributed by atoms with E-state index >= 15 is 0 Å². The topological polar surface area (TPSA) is 125 Å². The van der Waals surface area contributed by atoms with Crippen molar-refractivity contribution < 1.29 is 18.7 Å². The summed E-state index contributed by atoms with van der Waals surface area (Å²) in [4.78, 5) is 35.9. The van der Waals surface area contributed by atoms with Crippen molar-refractivity contribution in [3.8, 4) is 28.6 Å². The van der Waals surface area contributed by atoms with E-state index in [1.165, 1.54) is 28.8 Å². The van der Waals surface area contributed by atoms with Gasteiger partial charge in [-0.3, -0.25) is 4.79 Å². The van der Waals surface area contributed by atoms with Gasteiger partial charge in [0.15, 0.2) is 28.7 Å². The predicted octanol–water partition coefficient (Wildman–Crippen LogP) is 1.78. The summed E-state index contributed by atoms with van der Waals surface area (Å²) in [6.07, 6.45) is 0. The Hall–Kier alpha value is -4.21. The molecular formula is C20H14FN5O4. The van der Waals surface area contributed by atoms with Gasteiger partial charge in [0, 0.05) is 5.56 Å². The number of amides is 1. The number of hydrogen-bond donors (Lipinski definition) is 2. The van der Waals surface area contributed by atoms with Crippen molar-refractivity contribution in [2.24, 2.45) is 5.73 Å². The number of imidazole rings is 1. The van der Waals surface area contributed by atoms with Crippen LogP contribution < -0.4 is 20.9 Å². The van der Waals surface area contributed by atoms with Crippen LogP contribution in [0.3, 0.4) is 0 Å². The maximum atomic E-state index is 13.3. The number of primary amides is 1. The molecule has 0 radical (unpaired) electrons. The molecule has 1 amide bonds. The summed E-state index contributed by atoms with van der Waals surface area (Å²) in [5, 5.41) is 0. The zero-order valence-corrected chi connectivity index (χ0v) is 15.4. The minimum absolute atomic E-state index is 0.0955. The van der Waals surface area contributed by atoms with Crippen LogP contribution in [0, 0.1) is 5.82 Å². The maximum Gasteiger partial charge on any atom is 0.332 e. The molecule has 0 spiro atoms. The lowest BCUT2D eigenvalue weighted by Gasteiger charge is -2.18. The van der Waals surface area contributed by atoms with Gasteiger partial charge in [-0.1, -0.05) is 0 Å². The fraction of sp³-hybridized carbons (Fsp3) is 0.100.